The molecular formula is C18H37NO. The second-order valence-electron chi connectivity index (χ2n) is 6.73. The number of aliphatic hydroxyl groups excluding tert-OH is 1. The molecule has 1 aliphatic rings. The van der Waals surface area contributed by atoms with Crippen LogP contribution in [0.15, 0.2) is 0 Å². The van der Waals surface area contributed by atoms with Crippen LogP contribution in [0.4, 0.5) is 0 Å². The first-order chi connectivity index (χ1) is 9.75. The zero-order valence-corrected chi connectivity index (χ0v) is 13.9. The average molecular weight is 283 g/mol. The topological polar surface area (TPSA) is 23.5 Å². The molecule has 2 nitrogen and oxygen atoms in total. The summed E-state index contributed by atoms with van der Waals surface area (Å²) in [5.41, 5.74) is 0. The van der Waals surface area contributed by atoms with Crippen LogP contribution in [0.5, 0.6) is 0 Å². The fourth-order valence-corrected chi connectivity index (χ4v) is 3.44. The molecule has 0 bridgehead atoms. The van der Waals surface area contributed by atoms with Crippen molar-refractivity contribution >= 4 is 0 Å². The van der Waals surface area contributed by atoms with E-state index >= 15 is 0 Å². The summed E-state index contributed by atoms with van der Waals surface area (Å²) in [6, 6.07) is 0.395. The molecule has 20 heavy (non-hydrogen) atoms. The Bertz CT molecular complexity index is 215. The van der Waals surface area contributed by atoms with Gasteiger partial charge in [0.2, 0.25) is 0 Å². The van der Waals surface area contributed by atoms with E-state index in [9.17, 15) is 5.11 Å². The third-order valence-corrected chi connectivity index (χ3v) is 4.87. The molecule has 0 heterocycles. The van der Waals surface area contributed by atoms with Crippen LogP contribution < -0.4 is 0 Å². The second kappa shape index (κ2) is 11.6. The highest BCUT2D eigenvalue weighted by Crippen LogP contribution is 2.20. The number of nitrogens with zero attached hydrogens (tertiary/aromatic N) is 1. The lowest BCUT2D eigenvalue weighted by atomic mass is 9.95. The SMILES string of the molecule is CCCCCN(C)C1CCCCCCCCCCC1O. The minimum Gasteiger partial charge on any atom is -0.391 e. The lowest BCUT2D eigenvalue weighted by molar-refractivity contribution is 0.0477. The molecule has 0 aromatic rings. The third kappa shape index (κ3) is 7.64. The molecule has 1 rings (SSSR count). The molecule has 2 heteroatoms. The Hall–Kier alpha value is -0.0800. The fraction of sp³-hybridized carbons (Fsp3) is 1.00. The zero-order chi connectivity index (χ0) is 14.6. The number of hydrogen-bond acceptors (Lipinski definition) is 2. The molecule has 1 aliphatic carbocycles. The molecule has 1 fully saturated rings. The van der Waals surface area contributed by atoms with Crippen LogP contribution in [0, 0.1) is 0 Å². The van der Waals surface area contributed by atoms with Gasteiger partial charge in [-0.15, -0.1) is 0 Å². The Labute approximate surface area is 126 Å². The summed E-state index contributed by atoms with van der Waals surface area (Å²) in [5.74, 6) is 0. The number of unbranched alkanes of at least 4 members (excludes halogenated alkanes) is 2. The van der Waals surface area contributed by atoms with Crippen LogP contribution in [0.1, 0.15) is 90.4 Å². The first kappa shape index (κ1) is 18.0. The average Bonchev–Trinajstić information content (AvgIpc) is 2.43. The van der Waals surface area contributed by atoms with Gasteiger partial charge >= 0.3 is 0 Å². The van der Waals surface area contributed by atoms with E-state index in [2.05, 4.69) is 18.9 Å². The first-order valence-corrected chi connectivity index (χ1v) is 9.14. The van der Waals surface area contributed by atoms with Crippen molar-refractivity contribution in [3.63, 3.8) is 0 Å². The normalized spacial score (nSPS) is 27.0. The number of aliphatic hydroxyl groups is 1. The minimum absolute atomic E-state index is 0.110. The predicted molar refractivity (Wildman–Crippen MR) is 88.1 cm³/mol. The highest BCUT2D eigenvalue weighted by atomic mass is 16.3. The van der Waals surface area contributed by atoms with E-state index in [0.717, 1.165) is 13.0 Å². The maximum absolute atomic E-state index is 10.5. The number of likely N-dealkylation sites (N-methyl/N-ethyl adjacent to an activating group) is 1. The van der Waals surface area contributed by atoms with Gasteiger partial charge in [0.05, 0.1) is 6.10 Å². The molecule has 1 N–H and O–H groups in total. The quantitative estimate of drug-likeness (QED) is 0.736. The summed E-state index contributed by atoms with van der Waals surface area (Å²) in [6.07, 6.45) is 16.7. The molecule has 0 amide bonds. The largest absolute Gasteiger partial charge is 0.391 e. The molecule has 0 aromatic heterocycles. The van der Waals surface area contributed by atoms with E-state index in [1.165, 1.54) is 77.0 Å². The van der Waals surface area contributed by atoms with E-state index < -0.39 is 0 Å². The highest BCUT2D eigenvalue weighted by Gasteiger charge is 2.22. The van der Waals surface area contributed by atoms with Crippen molar-refractivity contribution in [2.24, 2.45) is 0 Å². The van der Waals surface area contributed by atoms with Crippen molar-refractivity contribution in [1.82, 2.24) is 4.90 Å². The van der Waals surface area contributed by atoms with Gasteiger partial charge in [-0.3, -0.25) is 0 Å². The van der Waals surface area contributed by atoms with Gasteiger partial charge in [0.1, 0.15) is 0 Å². The van der Waals surface area contributed by atoms with Gasteiger partial charge in [0, 0.05) is 6.04 Å². The maximum atomic E-state index is 10.5. The Kier molecular flexibility index (Phi) is 10.4. The van der Waals surface area contributed by atoms with Crippen molar-refractivity contribution in [1.29, 1.82) is 0 Å². The number of hydrogen-bond donors (Lipinski definition) is 1. The lowest BCUT2D eigenvalue weighted by Gasteiger charge is -2.32. The summed E-state index contributed by atoms with van der Waals surface area (Å²) in [4.78, 5) is 2.44. The van der Waals surface area contributed by atoms with E-state index in [0.29, 0.717) is 6.04 Å². The van der Waals surface area contributed by atoms with Crippen molar-refractivity contribution < 1.29 is 5.11 Å². The van der Waals surface area contributed by atoms with Gasteiger partial charge < -0.3 is 10.0 Å². The molecule has 0 radical (unpaired) electrons. The maximum Gasteiger partial charge on any atom is 0.0695 e. The van der Waals surface area contributed by atoms with Crippen molar-refractivity contribution in [3.05, 3.63) is 0 Å². The smallest absolute Gasteiger partial charge is 0.0695 e. The van der Waals surface area contributed by atoms with Gasteiger partial charge in [0.25, 0.3) is 0 Å². The molecule has 0 aliphatic heterocycles. The van der Waals surface area contributed by atoms with E-state index in [1.807, 2.05) is 0 Å². The third-order valence-electron chi connectivity index (χ3n) is 4.87. The Morgan fingerprint density at radius 2 is 1.40 bits per heavy atom. The Balaban J connectivity index is 2.42. The van der Waals surface area contributed by atoms with Crippen molar-refractivity contribution in [2.45, 2.75) is 103 Å². The van der Waals surface area contributed by atoms with Gasteiger partial charge in [-0.25, -0.2) is 0 Å². The standard InChI is InChI=1S/C18H37NO/c1-3-4-13-16-19(2)17-14-11-9-7-5-6-8-10-12-15-18(17)20/h17-18,20H,3-16H2,1-2H3. The van der Waals surface area contributed by atoms with Gasteiger partial charge in [0.15, 0.2) is 0 Å². The van der Waals surface area contributed by atoms with Gasteiger partial charge in [-0.2, -0.15) is 0 Å². The lowest BCUT2D eigenvalue weighted by Crippen LogP contribution is -2.41. The monoisotopic (exact) mass is 283 g/mol. The fourth-order valence-electron chi connectivity index (χ4n) is 3.44. The molecule has 0 saturated heterocycles. The van der Waals surface area contributed by atoms with Crippen molar-refractivity contribution in [2.75, 3.05) is 13.6 Å². The summed E-state index contributed by atoms with van der Waals surface area (Å²) in [5, 5.41) is 10.5. The molecule has 0 aromatic carbocycles. The van der Waals surface area contributed by atoms with Crippen molar-refractivity contribution in [3.8, 4) is 0 Å². The predicted octanol–water partition coefficient (Wildman–Crippen LogP) is 4.75. The number of rotatable bonds is 5. The van der Waals surface area contributed by atoms with Crippen LogP contribution in [0.25, 0.3) is 0 Å². The summed E-state index contributed by atoms with van der Waals surface area (Å²) >= 11 is 0. The van der Waals surface area contributed by atoms with E-state index in [1.54, 1.807) is 0 Å². The minimum atomic E-state index is -0.110. The molecule has 2 unspecified atom stereocenters. The first-order valence-electron chi connectivity index (χ1n) is 9.14. The Morgan fingerprint density at radius 1 is 0.850 bits per heavy atom. The van der Waals surface area contributed by atoms with Crippen LogP contribution in [0.3, 0.4) is 0 Å². The second-order valence-corrected chi connectivity index (χ2v) is 6.73. The molecule has 1 saturated carbocycles. The summed E-state index contributed by atoms with van der Waals surface area (Å²) in [6.45, 7) is 3.40. The van der Waals surface area contributed by atoms with E-state index in [4.69, 9.17) is 0 Å². The van der Waals surface area contributed by atoms with Crippen LogP contribution in [-0.4, -0.2) is 35.7 Å². The van der Waals surface area contributed by atoms with Gasteiger partial charge in [-0.05, 0) is 32.9 Å². The van der Waals surface area contributed by atoms with Crippen LogP contribution in [0.2, 0.25) is 0 Å². The van der Waals surface area contributed by atoms with E-state index in [-0.39, 0.29) is 6.10 Å². The molecule has 120 valence electrons. The molecule has 2 atom stereocenters. The Morgan fingerprint density at radius 3 is 2.00 bits per heavy atom. The molecule has 0 spiro atoms. The zero-order valence-electron chi connectivity index (χ0n) is 13.9. The highest BCUT2D eigenvalue weighted by molar-refractivity contribution is 4.78. The van der Waals surface area contributed by atoms with Gasteiger partial charge in [-0.1, -0.05) is 71.1 Å². The summed E-state index contributed by atoms with van der Waals surface area (Å²) < 4.78 is 0. The van der Waals surface area contributed by atoms with Crippen LogP contribution >= 0.6 is 0 Å². The summed E-state index contributed by atoms with van der Waals surface area (Å²) in [7, 11) is 2.22. The molecular weight excluding hydrogens is 246 g/mol. The van der Waals surface area contributed by atoms with Crippen LogP contribution in [-0.2, 0) is 0 Å².